The first kappa shape index (κ1) is 17.0. The van der Waals surface area contributed by atoms with Crippen LogP contribution in [-0.4, -0.2) is 31.4 Å². The first-order valence-electron chi connectivity index (χ1n) is 6.28. The molecule has 4 nitrogen and oxygen atoms in total. The van der Waals surface area contributed by atoms with Gasteiger partial charge < -0.3 is 5.32 Å². The summed E-state index contributed by atoms with van der Waals surface area (Å²) in [4.78, 5) is 13.1. The molecule has 0 saturated carbocycles. The zero-order valence-electron chi connectivity index (χ0n) is 12.4. The molecular weight excluding hydrogens is 294 g/mol. The number of sulfone groups is 1. The van der Waals surface area contributed by atoms with Crippen LogP contribution in [0.25, 0.3) is 0 Å². The smallest absolute Gasteiger partial charge is 0.233 e. The van der Waals surface area contributed by atoms with E-state index in [1.807, 2.05) is 27.7 Å². The van der Waals surface area contributed by atoms with Gasteiger partial charge in [0, 0.05) is 16.7 Å². The second-order valence-electron chi connectivity index (χ2n) is 5.74. The molecule has 0 aromatic heterocycles. The fraction of sp³-hybridized carbons (Fsp3) is 0.500. The summed E-state index contributed by atoms with van der Waals surface area (Å²) in [6, 6.07) is 6.57. The van der Waals surface area contributed by atoms with E-state index in [1.165, 1.54) is 18.0 Å². The minimum Gasteiger partial charge on any atom is -0.351 e. The van der Waals surface area contributed by atoms with Crippen LogP contribution in [0.1, 0.15) is 27.7 Å². The third-order valence-electron chi connectivity index (χ3n) is 2.43. The number of rotatable bonds is 4. The highest BCUT2D eigenvalue weighted by atomic mass is 32.2. The number of nitrogens with one attached hydrogen (secondary N) is 1. The molecule has 0 saturated heterocycles. The first-order chi connectivity index (χ1) is 8.99. The molecule has 20 heavy (non-hydrogen) atoms. The van der Waals surface area contributed by atoms with E-state index in [2.05, 4.69) is 5.32 Å². The molecule has 0 spiro atoms. The van der Waals surface area contributed by atoms with Crippen molar-refractivity contribution in [3.63, 3.8) is 0 Å². The lowest BCUT2D eigenvalue weighted by Crippen LogP contribution is -2.44. The quantitative estimate of drug-likeness (QED) is 0.867. The summed E-state index contributed by atoms with van der Waals surface area (Å²) in [5.41, 5.74) is -0.258. The second-order valence-corrected chi connectivity index (χ2v) is 9.17. The average Bonchev–Trinajstić information content (AvgIpc) is 2.26. The molecule has 0 aliphatic rings. The highest BCUT2D eigenvalue weighted by Crippen LogP contribution is 2.25. The molecule has 0 unspecified atom stereocenters. The Balaban J connectivity index is 2.72. The lowest BCUT2D eigenvalue weighted by molar-refractivity contribution is -0.121. The van der Waals surface area contributed by atoms with Crippen LogP contribution in [0.5, 0.6) is 0 Å². The molecule has 112 valence electrons. The molecule has 0 heterocycles. The zero-order chi connectivity index (χ0) is 15.6. The lowest BCUT2D eigenvalue weighted by Gasteiger charge is -2.23. The van der Waals surface area contributed by atoms with Crippen LogP contribution in [0.4, 0.5) is 0 Å². The summed E-state index contributed by atoms with van der Waals surface area (Å²) in [5, 5.41) is 2.68. The largest absolute Gasteiger partial charge is 0.351 e. The number of amides is 1. The molecule has 0 radical (unpaired) electrons. The van der Waals surface area contributed by atoms with Crippen molar-refractivity contribution in [1.82, 2.24) is 5.32 Å². The Morgan fingerprint density at radius 2 is 1.70 bits per heavy atom. The number of carbonyl (C=O) groups is 1. The maximum absolute atomic E-state index is 12.0. The molecule has 1 aromatic carbocycles. The molecule has 1 atom stereocenters. The molecule has 1 aromatic rings. The van der Waals surface area contributed by atoms with Crippen LogP contribution in [0.15, 0.2) is 34.1 Å². The summed E-state index contributed by atoms with van der Waals surface area (Å²) in [6.45, 7) is 7.63. The van der Waals surface area contributed by atoms with Crippen molar-refractivity contribution in [3.8, 4) is 0 Å². The number of hydrogen-bond acceptors (Lipinski definition) is 4. The Bertz CT molecular complexity index is 571. The van der Waals surface area contributed by atoms with Crippen LogP contribution >= 0.6 is 11.8 Å². The summed E-state index contributed by atoms with van der Waals surface area (Å²) in [5.74, 6) is -0.0327. The van der Waals surface area contributed by atoms with Crippen LogP contribution < -0.4 is 5.32 Å². The number of hydrogen-bond donors (Lipinski definition) is 1. The van der Waals surface area contributed by atoms with E-state index in [-0.39, 0.29) is 21.6 Å². The predicted molar refractivity (Wildman–Crippen MR) is 82.8 cm³/mol. The minimum atomic E-state index is -3.18. The third-order valence-corrected chi connectivity index (χ3v) is 4.67. The van der Waals surface area contributed by atoms with Crippen LogP contribution in [-0.2, 0) is 14.6 Å². The van der Waals surface area contributed by atoms with Gasteiger partial charge in [0.1, 0.15) is 0 Å². The number of benzene rings is 1. The topological polar surface area (TPSA) is 63.2 Å². The normalized spacial score (nSPS) is 13.8. The van der Waals surface area contributed by atoms with Crippen molar-refractivity contribution in [2.24, 2.45) is 0 Å². The minimum absolute atomic E-state index is 0.0327. The van der Waals surface area contributed by atoms with Gasteiger partial charge in [0.05, 0.1) is 10.1 Å². The molecule has 0 aliphatic heterocycles. The Morgan fingerprint density at radius 1 is 1.20 bits per heavy atom. The predicted octanol–water partition coefficient (Wildman–Crippen LogP) is 2.49. The van der Waals surface area contributed by atoms with E-state index in [0.717, 1.165) is 4.90 Å². The summed E-state index contributed by atoms with van der Waals surface area (Å²) in [6.07, 6.45) is 1.18. The first-order valence-corrected chi connectivity index (χ1v) is 9.05. The van der Waals surface area contributed by atoms with Gasteiger partial charge in [-0.3, -0.25) is 4.79 Å². The molecule has 0 bridgehead atoms. The maximum Gasteiger partial charge on any atom is 0.233 e. The van der Waals surface area contributed by atoms with Gasteiger partial charge in [-0.1, -0.05) is 0 Å². The van der Waals surface area contributed by atoms with Gasteiger partial charge in [0.25, 0.3) is 0 Å². The molecule has 1 N–H and O–H groups in total. The van der Waals surface area contributed by atoms with Crippen LogP contribution in [0.3, 0.4) is 0 Å². The number of thioether (sulfide) groups is 1. The van der Waals surface area contributed by atoms with E-state index in [4.69, 9.17) is 0 Å². The van der Waals surface area contributed by atoms with Crippen molar-refractivity contribution in [2.75, 3.05) is 6.26 Å². The van der Waals surface area contributed by atoms with Crippen LogP contribution in [0.2, 0.25) is 0 Å². The summed E-state index contributed by atoms with van der Waals surface area (Å²) >= 11 is 1.40. The lowest BCUT2D eigenvalue weighted by atomic mass is 10.1. The number of carbonyl (C=O) groups excluding carboxylic acids is 1. The molecule has 1 amide bonds. The van der Waals surface area contributed by atoms with Crippen molar-refractivity contribution in [2.45, 2.75) is 48.3 Å². The zero-order valence-corrected chi connectivity index (χ0v) is 14.1. The van der Waals surface area contributed by atoms with Crippen molar-refractivity contribution in [1.29, 1.82) is 0 Å². The molecular formula is C14H21NO3S2. The van der Waals surface area contributed by atoms with Crippen molar-refractivity contribution < 1.29 is 13.2 Å². The van der Waals surface area contributed by atoms with E-state index in [0.29, 0.717) is 0 Å². The summed E-state index contributed by atoms with van der Waals surface area (Å²) in [7, 11) is -3.18. The standard InChI is InChI=1S/C14H21NO3S2/c1-10(13(16)15-14(2,3)4)19-11-6-8-12(9-7-11)20(5,17)18/h6-10H,1-5H3,(H,15,16)/t10-/m0/s1. The fourth-order valence-electron chi connectivity index (χ4n) is 1.49. The van der Waals surface area contributed by atoms with Gasteiger partial charge in [-0.05, 0) is 52.0 Å². The van der Waals surface area contributed by atoms with E-state index < -0.39 is 9.84 Å². The molecule has 0 fully saturated rings. The van der Waals surface area contributed by atoms with Crippen LogP contribution in [0, 0.1) is 0 Å². The third kappa shape index (κ3) is 5.54. The van der Waals surface area contributed by atoms with E-state index in [9.17, 15) is 13.2 Å². The van der Waals surface area contributed by atoms with Gasteiger partial charge in [-0.2, -0.15) is 0 Å². The second kappa shape index (κ2) is 6.18. The highest BCUT2D eigenvalue weighted by Gasteiger charge is 2.20. The molecule has 1 rings (SSSR count). The summed E-state index contributed by atoms with van der Waals surface area (Å²) < 4.78 is 22.7. The van der Waals surface area contributed by atoms with Gasteiger partial charge in [0.15, 0.2) is 9.84 Å². The Morgan fingerprint density at radius 3 is 2.10 bits per heavy atom. The van der Waals surface area contributed by atoms with Gasteiger partial charge in [0.2, 0.25) is 5.91 Å². The average molecular weight is 315 g/mol. The van der Waals surface area contributed by atoms with Gasteiger partial charge >= 0.3 is 0 Å². The Labute approximate surface area is 125 Å². The fourth-order valence-corrected chi connectivity index (χ4v) is 2.99. The molecule has 6 heteroatoms. The van der Waals surface area contributed by atoms with Gasteiger partial charge in [-0.15, -0.1) is 11.8 Å². The van der Waals surface area contributed by atoms with E-state index in [1.54, 1.807) is 24.3 Å². The maximum atomic E-state index is 12.0. The molecule has 0 aliphatic carbocycles. The SMILES string of the molecule is C[C@H](Sc1ccc(S(C)(=O)=O)cc1)C(=O)NC(C)(C)C. The van der Waals surface area contributed by atoms with Crippen molar-refractivity contribution >= 4 is 27.5 Å². The van der Waals surface area contributed by atoms with Crippen molar-refractivity contribution in [3.05, 3.63) is 24.3 Å². The van der Waals surface area contributed by atoms with E-state index >= 15 is 0 Å². The highest BCUT2D eigenvalue weighted by molar-refractivity contribution is 8.00. The monoisotopic (exact) mass is 315 g/mol. The van der Waals surface area contributed by atoms with Gasteiger partial charge in [-0.25, -0.2) is 8.42 Å². The Hall–Kier alpha value is -1.01. The Kier molecular flexibility index (Phi) is 5.27.